The molecule has 34 heavy (non-hydrogen) atoms. The number of methoxy groups -OCH3 is 1. The molecular weight excluding hydrogens is 426 g/mol. The Morgan fingerprint density at radius 2 is 1.62 bits per heavy atom. The van der Waals surface area contributed by atoms with Gasteiger partial charge in [0.2, 0.25) is 5.95 Å². The second-order valence-electron chi connectivity index (χ2n) is 8.25. The summed E-state index contributed by atoms with van der Waals surface area (Å²) >= 11 is 0. The molecule has 1 atom stereocenters. The van der Waals surface area contributed by atoms with Gasteiger partial charge in [-0.1, -0.05) is 54.6 Å². The molecule has 0 fully saturated rings. The molecule has 1 amide bonds. The molecule has 0 radical (unpaired) electrons. The molecular formula is C28H23N3O3. The molecule has 1 N–H and O–H groups in total. The second kappa shape index (κ2) is 9.27. The number of hydrogen-bond donors (Lipinski definition) is 1. The number of benzene rings is 3. The maximum atomic E-state index is 12.8. The summed E-state index contributed by atoms with van der Waals surface area (Å²) in [6.07, 6.45) is 2.52. The highest BCUT2D eigenvalue weighted by Crippen LogP contribution is 2.32. The topological polar surface area (TPSA) is 81.2 Å². The Bertz CT molecular complexity index is 1330. The number of ether oxygens (including phenoxy) is 1. The molecule has 1 unspecified atom stereocenters. The molecule has 0 saturated carbocycles. The number of ketones is 1. The van der Waals surface area contributed by atoms with Crippen LogP contribution in [0, 0.1) is 0 Å². The highest BCUT2D eigenvalue weighted by Gasteiger charge is 2.28. The van der Waals surface area contributed by atoms with Gasteiger partial charge in [-0.15, -0.1) is 0 Å². The molecule has 4 aromatic rings. The van der Waals surface area contributed by atoms with Gasteiger partial charge in [-0.2, -0.15) is 0 Å². The number of nitrogens with one attached hydrogen (secondary N) is 1. The Balaban J connectivity index is 1.32. The van der Waals surface area contributed by atoms with Crippen LogP contribution in [0.1, 0.15) is 44.3 Å². The van der Waals surface area contributed by atoms with Crippen LogP contribution in [0.5, 0.6) is 5.75 Å². The van der Waals surface area contributed by atoms with Gasteiger partial charge in [-0.25, -0.2) is 9.97 Å². The van der Waals surface area contributed by atoms with E-state index < -0.39 is 0 Å². The minimum Gasteiger partial charge on any atom is -0.497 e. The van der Waals surface area contributed by atoms with Gasteiger partial charge >= 0.3 is 0 Å². The second-order valence-corrected chi connectivity index (χ2v) is 8.25. The molecule has 6 heteroatoms. The molecule has 0 bridgehead atoms. The van der Waals surface area contributed by atoms with Crippen molar-refractivity contribution in [1.29, 1.82) is 0 Å². The van der Waals surface area contributed by atoms with Crippen molar-refractivity contribution >= 4 is 17.6 Å². The van der Waals surface area contributed by atoms with E-state index in [9.17, 15) is 9.59 Å². The zero-order chi connectivity index (χ0) is 23.5. The number of amides is 1. The average Bonchev–Trinajstić information content (AvgIpc) is 2.89. The van der Waals surface area contributed by atoms with Gasteiger partial charge in [0.05, 0.1) is 18.4 Å². The third kappa shape index (κ3) is 4.43. The van der Waals surface area contributed by atoms with Gasteiger partial charge < -0.3 is 4.74 Å². The summed E-state index contributed by atoms with van der Waals surface area (Å²) in [5.41, 5.74) is 4.86. The minimum absolute atomic E-state index is 0.0106. The maximum absolute atomic E-state index is 12.8. The summed E-state index contributed by atoms with van der Waals surface area (Å²) in [6.45, 7) is 0. The number of Topliss-reactive ketones (excluding diaryl/α,β-unsaturated/α-hetero) is 1. The zero-order valence-corrected chi connectivity index (χ0v) is 18.7. The lowest BCUT2D eigenvalue weighted by Gasteiger charge is -2.23. The van der Waals surface area contributed by atoms with E-state index >= 15 is 0 Å². The lowest BCUT2D eigenvalue weighted by molar-refractivity contribution is 0.0962. The van der Waals surface area contributed by atoms with Crippen molar-refractivity contribution in [2.24, 2.45) is 0 Å². The van der Waals surface area contributed by atoms with E-state index in [-0.39, 0.29) is 23.6 Å². The maximum Gasteiger partial charge on any atom is 0.258 e. The summed E-state index contributed by atoms with van der Waals surface area (Å²) in [6, 6.07) is 25.1. The number of nitrogens with zero attached hydrogens (tertiary/aromatic N) is 2. The summed E-state index contributed by atoms with van der Waals surface area (Å²) in [5, 5.41) is 2.76. The van der Waals surface area contributed by atoms with Gasteiger partial charge in [-0.05, 0) is 53.3 Å². The summed E-state index contributed by atoms with van der Waals surface area (Å²) in [7, 11) is 1.62. The zero-order valence-electron chi connectivity index (χ0n) is 18.7. The molecule has 1 aliphatic carbocycles. The number of carbonyl (C=O) groups is 2. The first-order chi connectivity index (χ1) is 16.6. The fraction of sp³-hybridized carbons (Fsp3) is 0.143. The Hall–Kier alpha value is -4.32. The van der Waals surface area contributed by atoms with E-state index in [2.05, 4.69) is 15.3 Å². The van der Waals surface area contributed by atoms with Crippen molar-refractivity contribution in [3.05, 3.63) is 107 Å². The normalized spacial score (nSPS) is 14.9. The number of aromatic nitrogens is 2. The first kappa shape index (κ1) is 21.5. The average molecular weight is 450 g/mol. The van der Waals surface area contributed by atoms with Crippen LogP contribution < -0.4 is 10.1 Å². The van der Waals surface area contributed by atoms with E-state index in [0.717, 1.165) is 22.4 Å². The molecule has 168 valence electrons. The summed E-state index contributed by atoms with van der Waals surface area (Å²) < 4.78 is 5.22. The van der Waals surface area contributed by atoms with Crippen LogP contribution in [0.4, 0.5) is 5.95 Å². The molecule has 1 heterocycles. The highest BCUT2D eigenvalue weighted by molar-refractivity contribution is 6.04. The van der Waals surface area contributed by atoms with Gasteiger partial charge in [0.15, 0.2) is 5.78 Å². The smallest absolute Gasteiger partial charge is 0.258 e. The Labute approximate surface area is 197 Å². The van der Waals surface area contributed by atoms with Crippen LogP contribution in [0.25, 0.3) is 11.1 Å². The third-order valence-corrected chi connectivity index (χ3v) is 6.11. The highest BCUT2D eigenvalue weighted by atomic mass is 16.5. The van der Waals surface area contributed by atoms with Gasteiger partial charge in [0.25, 0.3) is 5.91 Å². The van der Waals surface area contributed by atoms with E-state index in [1.54, 1.807) is 19.2 Å². The molecule has 1 aliphatic rings. The third-order valence-electron chi connectivity index (χ3n) is 6.11. The Kier molecular flexibility index (Phi) is 5.87. The van der Waals surface area contributed by atoms with Crippen molar-refractivity contribution in [3.8, 4) is 16.9 Å². The lowest BCUT2D eigenvalue weighted by atomic mass is 9.82. The largest absolute Gasteiger partial charge is 0.497 e. The van der Waals surface area contributed by atoms with E-state index in [1.165, 1.54) is 6.20 Å². The monoisotopic (exact) mass is 449 g/mol. The predicted molar refractivity (Wildman–Crippen MR) is 130 cm³/mol. The number of hydrogen-bond acceptors (Lipinski definition) is 5. The van der Waals surface area contributed by atoms with E-state index in [4.69, 9.17) is 4.74 Å². The molecule has 5 rings (SSSR count). The lowest BCUT2D eigenvalue weighted by Crippen LogP contribution is -2.22. The van der Waals surface area contributed by atoms with Gasteiger partial charge in [0.1, 0.15) is 5.75 Å². The van der Waals surface area contributed by atoms with Crippen molar-refractivity contribution in [2.45, 2.75) is 18.8 Å². The van der Waals surface area contributed by atoms with Crippen molar-refractivity contribution in [2.75, 3.05) is 12.4 Å². The number of rotatable bonds is 5. The van der Waals surface area contributed by atoms with Crippen molar-refractivity contribution < 1.29 is 14.3 Å². The van der Waals surface area contributed by atoms with Crippen LogP contribution in [0.2, 0.25) is 0 Å². The number of anilines is 1. The van der Waals surface area contributed by atoms with E-state index in [0.29, 0.717) is 29.7 Å². The van der Waals surface area contributed by atoms with Gasteiger partial charge in [-0.3, -0.25) is 14.9 Å². The minimum atomic E-state index is -0.298. The van der Waals surface area contributed by atoms with Crippen LogP contribution in [-0.2, 0) is 6.42 Å². The van der Waals surface area contributed by atoms with E-state index in [1.807, 2.05) is 66.7 Å². The number of fused-ring (bicyclic) bond motifs is 1. The molecule has 0 spiro atoms. The molecule has 0 saturated heterocycles. The molecule has 1 aromatic heterocycles. The fourth-order valence-corrected chi connectivity index (χ4v) is 4.24. The van der Waals surface area contributed by atoms with Gasteiger partial charge in [0, 0.05) is 18.2 Å². The molecule has 0 aliphatic heterocycles. The van der Waals surface area contributed by atoms with Crippen LogP contribution in [0.15, 0.2) is 85.1 Å². The fourth-order valence-electron chi connectivity index (χ4n) is 4.24. The molecule has 6 nitrogen and oxygen atoms in total. The molecule has 3 aromatic carbocycles. The first-order valence-electron chi connectivity index (χ1n) is 11.1. The quantitative estimate of drug-likeness (QED) is 0.446. The Morgan fingerprint density at radius 3 is 2.32 bits per heavy atom. The van der Waals surface area contributed by atoms with Crippen molar-refractivity contribution in [1.82, 2.24) is 9.97 Å². The van der Waals surface area contributed by atoms with Crippen molar-refractivity contribution in [3.63, 3.8) is 0 Å². The van der Waals surface area contributed by atoms with Crippen LogP contribution in [-0.4, -0.2) is 28.8 Å². The predicted octanol–water partition coefficient (Wildman–Crippen LogP) is 5.32. The first-order valence-corrected chi connectivity index (χ1v) is 11.1. The number of carbonyl (C=O) groups excluding carboxylic acids is 2. The summed E-state index contributed by atoms with van der Waals surface area (Å²) in [5.74, 6) is 0.703. The standard InChI is InChI=1S/C28H23N3O3/c1-34-23-13-11-20(12-14-23)22-15-25-24(26(32)16-22)17-29-28(30-25)31-27(33)21-9-7-19(8-10-21)18-5-3-2-4-6-18/h2-14,17,22H,15-16H2,1H3,(H,29,30,31,33). The Morgan fingerprint density at radius 1 is 0.912 bits per heavy atom. The SMILES string of the molecule is COc1ccc(C2CC(=O)c3cnc(NC(=O)c4ccc(-c5ccccc5)cc4)nc3C2)cc1. The van der Waals surface area contributed by atoms with Crippen LogP contribution >= 0.6 is 0 Å². The van der Waals surface area contributed by atoms with Crippen LogP contribution in [0.3, 0.4) is 0 Å². The summed E-state index contributed by atoms with van der Waals surface area (Å²) in [4.78, 5) is 34.2.